The standard InChI is InChI=1S/C27H20ClN3O7S/c1-14-23(26(33)37-3)24(18-12-15(28)8-10-20(18)36-2)30-25(32)22(39-27(30)29-14)13-16-9-11-21(38-16)17-6-4-5-7-19(17)31(34)35/h4-13,24H,1-3H3/b22-13-/t24-/m1/s1. The largest absolute Gasteiger partial charge is 0.496 e. The number of benzene rings is 2. The number of carbonyl (C=O) groups is 1. The number of para-hydroxylation sites is 1. The average Bonchev–Trinajstić information content (AvgIpc) is 3.51. The molecule has 0 radical (unpaired) electrons. The highest BCUT2D eigenvalue weighted by Crippen LogP contribution is 2.37. The topological polar surface area (TPSA) is 126 Å². The van der Waals surface area contributed by atoms with Crippen molar-refractivity contribution < 1.29 is 23.6 Å². The summed E-state index contributed by atoms with van der Waals surface area (Å²) in [4.78, 5) is 42.5. The summed E-state index contributed by atoms with van der Waals surface area (Å²) in [6.45, 7) is 1.67. The van der Waals surface area contributed by atoms with Crippen LogP contribution in [0.3, 0.4) is 0 Å². The number of hydrogen-bond acceptors (Lipinski definition) is 9. The number of thiazole rings is 1. The van der Waals surface area contributed by atoms with Crippen LogP contribution in [0.4, 0.5) is 5.69 Å². The number of esters is 1. The third-order valence-electron chi connectivity index (χ3n) is 6.18. The van der Waals surface area contributed by atoms with Gasteiger partial charge in [0.2, 0.25) is 0 Å². The Morgan fingerprint density at radius 1 is 1.21 bits per heavy atom. The molecule has 1 atom stereocenters. The minimum Gasteiger partial charge on any atom is -0.496 e. The highest BCUT2D eigenvalue weighted by molar-refractivity contribution is 7.07. The van der Waals surface area contributed by atoms with Gasteiger partial charge in [0.25, 0.3) is 11.2 Å². The van der Waals surface area contributed by atoms with Gasteiger partial charge in [0, 0.05) is 22.7 Å². The van der Waals surface area contributed by atoms with E-state index in [9.17, 15) is 19.7 Å². The molecule has 39 heavy (non-hydrogen) atoms. The fourth-order valence-electron chi connectivity index (χ4n) is 4.45. The molecule has 3 heterocycles. The summed E-state index contributed by atoms with van der Waals surface area (Å²) in [5, 5.41) is 11.8. The van der Waals surface area contributed by atoms with Crippen LogP contribution < -0.4 is 19.6 Å². The number of nitrogens with zero attached hydrogens (tertiary/aromatic N) is 3. The average molecular weight is 566 g/mol. The van der Waals surface area contributed by atoms with E-state index in [1.807, 2.05) is 0 Å². The fourth-order valence-corrected chi connectivity index (χ4v) is 5.66. The highest BCUT2D eigenvalue weighted by atomic mass is 35.5. The predicted molar refractivity (Wildman–Crippen MR) is 145 cm³/mol. The Hall–Kier alpha value is -4.48. The Labute approximate surface area is 229 Å². The normalized spacial score (nSPS) is 15.1. The molecule has 0 aliphatic carbocycles. The third kappa shape index (κ3) is 4.66. The first-order valence-corrected chi connectivity index (χ1v) is 12.7. The van der Waals surface area contributed by atoms with Crippen molar-refractivity contribution in [1.82, 2.24) is 4.57 Å². The van der Waals surface area contributed by atoms with Crippen molar-refractivity contribution >= 4 is 40.7 Å². The Morgan fingerprint density at radius 3 is 2.69 bits per heavy atom. The van der Waals surface area contributed by atoms with Crippen LogP contribution >= 0.6 is 22.9 Å². The van der Waals surface area contributed by atoms with E-state index in [1.54, 1.807) is 55.5 Å². The lowest BCUT2D eigenvalue weighted by Gasteiger charge is -2.25. The van der Waals surface area contributed by atoms with E-state index in [4.69, 9.17) is 25.5 Å². The van der Waals surface area contributed by atoms with Gasteiger partial charge in [0.05, 0.1) is 40.5 Å². The molecule has 0 saturated carbocycles. The van der Waals surface area contributed by atoms with Crippen LogP contribution in [-0.2, 0) is 9.53 Å². The zero-order valence-corrected chi connectivity index (χ0v) is 22.4. The number of aromatic nitrogens is 1. The van der Waals surface area contributed by atoms with Crippen LogP contribution in [0.2, 0.25) is 5.02 Å². The van der Waals surface area contributed by atoms with Crippen molar-refractivity contribution in [2.45, 2.75) is 13.0 Å². The van der Waals surface area contributed by atoms with Crippen LogP contribution in [0, 0.1) is 10.1 Å². The van der Waals surface area contributed by atoms with Crippen molar-refractivity contribution in [3.63, 3.8) is 0 Å². The summed E-state index contributed by atoms with van der Waals surface area (Å²) in [5.74, 6) is 0.383. The van der Waals surface area contributed by atoms with E-state index >= 15 is 0 Å². The van der Waals surface area contributed by atoms with Crippen LogP contribution in [0.1, 0.15) is 24.3 Å². The number of nitro benzene ring substituents is 1. The molecule has 0 amide bonds. The molecule has 0 spiro atoms. The molecule has 198 valence electrons. The van der Waals surface area contributed by atoms with Crippen molar-refractivity contribution in [2.75, 3.05) is 14.2 Å². The van der Waals surface area contributed by atoms with Crippen LogP contribution in [0.5, 0.6) is 5.75 Å². The summed E-state index contributed by atoms with van der Waals surface area (Å²) in [6, 6.07) is 13.5. The number of furan rings is 1. The summed E-state index contributed by atoms with van der Waals surface area (Å²) in [5.41, 5.74) is 0.841. The molecule has 0 fully saturated rings. The van der Waals surface area contributed by atoms with Gasteiger partial charge in [-0.3, -0.25) is 19.5 Å². The lowest BCUT2D eigenvalue weighted by atomic mass is 9.95. The predicted octanol–water partition coefficient (Wildman–Crippen LogP) is 4.24. The second-order valence-electron chi connectivity index (χ2n) is 8.44. The minimum absolute atomic E-state index is 0.0981. The van der Waals surface area contributed by atoms with Gasteiger partial charge in [0.1, 0.15) is 23.3 Å². The maximum Gasteiger partial charge on any atom is 0.338 e. The number of fused-ring (bicyclic) bond motifs is 1. The van der Waals surface area contributed by atoms with E-state index in [-0.39, 0.29) is 21.6 Å². The van der Waals surface area contributed by atoms with Gasteiger partial charge in [-0.25, -0.2) is 9.79 Å². The Kier molecular flexibility index (Phi) is 6.94. The summed E-state index contributed by atoms with van der Waals surface area (Å²) < 4.78 is 18.1. The molecule has 1 aliphatic rings. The van der Waals surface area contributed by atoms with Gasteiger partial charge < -0.3 is 13.9 Å². The Morgan fingerprint density at radius 2 is 1.97 bits per heavy atom. The number of rotatable bonds is 6. The van der Waals surface area contributed by atoms with E-state index in [0.717, 1.165) is 11.3 Å². The Bertz CT molecular complexity index is 1850. The van der Waals surface area contributed by atoms with Crippen LogP contribution in [0.25, 0.3) is 17.4 Å². The number of methoxy groups -OCH3 is 2. The molecule has 0 saturated heterocycles. The lowest BCUT2D eigenvalue weighted by Crippen LogP contribution is -2.40. The fraction of sp³-hybridized carbons (Fsp3) is 0.148. The van der Waals surface area contributed by atoms with Gasteiger partial charge in [0.15, 0.2) is 4.80 Å². The van der Waals surface area contributed by atoms with E-state index < -0.39 is 22.5 Å². The SMILES string of the molecule is COC(=O)C1=C(C)N=c2s/c(=C\c3ccc(-c4ccccc4[N+](=O)[O-])o3)c(=O)n2[C@@H]1c1cc(Cl)ccc1OC. The first-order valence-electron chi connectivity index (χ1n) is 11.5. The first kappa shape index (κ1) is 26.1. The quantitative estimate of drug-likeness (QED) is 0.194. The van der Waals surface area contributed by atoms with E-state index in [2.05, 4.69) is 4.99 Å². The molecule has 0 bridgehead atoms. The third-order valence-corrected chi connectivity index (χ3v) is 7.40. The van der Waals surface area contributed by atoms with Crippen molar-refractivity contribution in [3.05, 3.63) is 112 Å². The second-order valence-corrected chi connectivity index (χ2v) is 9.88. The zero-order valence-electron chi connectivity index (χ0n) is 20.8. The Balaban J connectivity index is 1.68. The second kappa shape index (κ2) is 10.4. The maximum absolute atomic E-state index is 13.8. The van der Waals surface area contributed by atoms with E-state index in [1.165, 1.54) is 30.9 Å². The van der Waals surface area contributed by atoms with Gasteiger partial charge in [-0.05, 0) is 43.3 Å². The number of allylic oxidation sites excluding steroid dienone is 1. The number of halogens is 1. The molecule has 2 aromatic carbocycles. The summed E-state index contributed by atoms with van der Waals surface area (Å²) in [6.07, 6.45) is 1.53. The van der Waals surface area contributed by atoms with Gasteiger partial charge in [-0.1, -0.05) is 35.1 Å². The van der Waals surface area contributed by atoms with Crippen molar-refractivity contribution in [1.29, 1.82) is 0 Å². The van der Waals surface area contributed by atoms with Crippen LogP contribution in [-0.4, -0.2) is 29.7 Å². The number of hydrogen-bond donors (Lipinski definition) is 0. The summed E-state index contributed by atoms with van der Waals surface area (Å²) in [7, 11) is 2.74. The molecule has 0 N–H and O–H groups in total. The van der Waals surface area contributed by atoms with Crippen molar-refractivity contribution in [2.24, 2.45) is 4.99 Å². The zero-order chi connectivity index (χ0) is 27.8. The minimum atomic E-state index is -0.913. The number of ether oxygens (including phenoxy) is 2. The molecule has 2 aromatic heterocycles. The molecule has 10 nitrogen and oxygen atoms in total. The van der Waals surface area contributed by atoms with Gasteiger partial charge >= 0.3 is 5.97 Å². The molecule has 4 aromatic rings. The first-order chi connectivity index (χ1) is 18.7. The number of nitro groups is 1. The number of carbonyl (C=O) groups excluding carboxylic acids is 1. The highest BCUT2D eigenvalue weighted by Gasteiger charge is 2.35. The molecule has 5 rings (SSSR count). The molecular formula is C27H20ClN3O7S. The molecule has 12 heteroatoms. The van der Waals surface area contributed by atoms with E-state index in [0.29, 0.717) is 38.2 Å². The monoisotopic (exact) mass is 565 g/mol. The smallest absolute Gasteiger partial charge is 0.338 e. The van der Waals surface area contributed by atoms with Gasteiger partial charge in [-0.2, -0.15) is 0 Å². The molecule has 0 unspecified atom stereocenters. The van der Waals surface area contributed by atoms with Crippen LogP contribution in [0.15, 0.2) is 80.1 Å². The van der Waals surface area contributed by atoms with Gasteiger partial charge in [-0.15, -0.1) is 0 Å². The van der Waals surface area contributed by atoms with Crippen molar-refractivity contribution in [3.8, 4) is 17.1 Å². The summed E-state index contributed by atoms with van der Waals surface area (Å²) >= 11 is 7.41. The maximum atomic E-state index is 13.8. The molecular weight excluding hydrogens is 546 g/mol. The lowest BCUT2D eigenvalue weighted by molar-refractivity contribution is -0.384. The molecule has 1 aliphatic heterocycles.